The molecule has 0 aliphatic heterocycles. The fraction of sp³-hybridized carbons (Fsp3) is 0.778. The highest BCUT2D eigenvalue weighted by molar-refractivity contribution is 5.70. The van der Waals surface area contributed by atoms with E-state index in [0.29, 0.717) is 12.8 Å². The zero-order valence-corrected chi connectivity index (χ0v) is 33.8. The van der Waals surface area contributed by atoms with Crippen molar-refractivity contribution in [2.24, 2.45) is 0 Å². The molecule has 1 atom stereocenters. The van der Waals surface area contributed by atoms with Crippen molar-refractivity contribution in [2.75, 3.05) is 13.2 Å². The maximum absolute atomic E-state index is 12.3. The van der Waals surface area contributed by atoms with Gasteiger partial charge in [0.1, 0.15) is 29.6 Å². The number of ether oxygens (including phenoxy) is 2. The molecule has 52 heavy (non-hydrogen) atoms. The molecular formula is C45H76O7. The van der Waals surface area contributed by atoms with Gasteiger partial charge in [0.05, 0.1) is 6.61 Å². The van der Waals surface area contributed by atoms with E-state index in [0.717, 1.165) is 87.9 Å². The van der Waals surface area contributed by atoms with Crippen molar-refractivity contribution in [3.05, 3.63) is 46.3 Å². The number of esters is 2. The van der Waals surface area contributed by atoms with Gasteiger partial charge in [-0.25, -0.2) is 0 Å². The first kappa shape index (κ1) is 45.6. The van der Waals surface area contributed by atoms with Crippen LogP contribution in [0.4, 0.5) is 0 Å². The third kappa shape index (κ3) is 21.9. The van der Waals surface area contributed by atoms with Crippen LogP contribution in [0, 0.1) is 13.8 Å². The third-order valence-electron chi connectivity index (χ3n) is 10.2. The second kappa shape index (κ2) is 29.9. The van der Waals surface area contributed by atoms with E-state index in [9.17, 15) is 14.7 Å². The summed E-state index contributed by atoms with van der Waals surface area (Å²) < 4.78 is 22.7. The minimum absolute atomic E-state index is 0.0823. The molecule has 2 aromatic heterocycles. The normalized spacial score (nSPS) is 12.0. The van der Waals surface area contributed by atoms with Crippen molar-refractivity contribution in [2.45, 2.75) is 214 Å². The molecule has 0 spiro atoms. The zero-order valence-electron chi connectivity index (χ0n) is 33.8. The SMILES string of the molecule is CCCCCc1cc(C)c(CCCCCCCCCCCCC(=O)O[C@@H](CO)COC(=O)CCCCCCCCCCc2oc(CCC)cc2C)o1. The fourth-order valence-electron chi connectivity index (χ4n) is 6.93. The van der Waals surface area contributed by atoms with Crippen LogP contribution in [-0.4, -0.2) is 36.4 Å². The van der Waals surface area contributed by atoms with Crippen LogP contribution in [0.5, 0.6) is 0 Å². The second-order valence-corrected chi connectivity index (χ2v) is 15.2. The Hall–Kier alpha value is -2.54. The molecule has 0 radical (unpaired) electrons. The minimum atomic E-state index is -0.789. The standard InChI is InChI=1S/C45H76O7/c1-5-7-22-28-40-34-38(4)43(51-40)30-24-18-14-10-8-9-11-17-21-26-32-45(48)52-41(35-46)36-49-44(47)31-25-20-16-13-12-15-19-23-29-42-37(3)33-39(50-42)27-6-2/h33-34,41,46H,5-32,35-36H2,1-4H3/t41-/m0/s1. The van der Waals surface area contributed by atoms with Crippen molar-refractivity contribution in [1.29, 1.82) is 0 Å². The second-order valence-electron chi connectivity index (χ2n) is 15.2. The number of carbonyl (C=O) groups excluding carboxylic acids is 2. The molecular weight excluding hydrogens is 652 g/mol. The van der Waals surface area contributed by atoms with Gasteiger partial charge >= 0.3 is 11.9 Å². The first-order valence-corrected chi connectivity index (χ1v) is 21.5. The number of unbranched alkanes of at least 4 members (excludes halogenated alkanes) is 18. The van der Waals surface area contributed by atoms with Crippen LogP contribution in [0.15, 0.2) is 21.0 Å². The molecule has 0 bridgehead atoms. The van der Waals surface area contributed by atoms with Gasteiger partial charge in [-0.2, -0.15) is 0 Å². The lowest BCUT2D eigenvalue weighted by Gasteiger charge is -2.15. The number of rotatable bonds is 34. The van der Waals surface area contributed by atoms with Crippen molar-refractivity contribution in [1.82, 2.24) is 0 Å². The molecule has 2 rings (SSSR count). The Morgan fingerprint density at radius 3 is 1.44 bits per heavy atom. The van der Waals surface area contributed by atoms with E-state index in [2.05, 4.69) is 39.8 Å². The molecule has 7 nitrogen and oxygen atoms in total. The van der Waals surface area contributed by atoms with Crippen LogP contribution in [-0.2, 0) is 44.7 Å². The molecule has 1 N–H and O–H groups in total. The smallest absolute Gasteiger partial charge is 0.306 e. The topological polar surface area (TPSA) is 99.1 Å². The molecule has 0 saturated heterocycles. The van der Waals surface area contributed by atoms with Gasteiger partial charge < -0.3 is 23.4 Å². The van der Waals surface area contributed by atoms with Gasteiger partial charge in [0.2, 0.25) is 0 Å². The van der Waals surface area contributed by atoms with E-state index < -0.39 is 6.10 Å². The number of aliphatic hydroxyl groups excluding tert-OH is 1. The van der Waals surface area contributed by atoms with Crippen LogP contribution < -0.4 is 0 Å². The van der Waals surface area contributed by atoms with Gasteiger partial charge in [-0.15, -0.1) is 0 Å². The van der Waals surface area contributed by atoms with Crippen molar-refractivity contribution >= 4 is 11.9 Å². The van der Waals surface area contributed by atoms with E-state index in [4.69, 9.17) is 18.3 Å². The average molecular weight is 729 g/mol. The van der Waals surface area contributed by atoms with Gasteiger partial charge in [0, 0.05) is 38.5 Å². The average Bonchev–Trinajstić information content (AvgIpc) is 3.67. The summed E-state index contributed by atoms with van der Waals surface area (Å²) in [6.45, 7) is 8.31. The number of hydrogen-bond acceptors (Lipinski definition) is 7. The number of hydrogen-bond donors (Lipinski definition) is 1. The van der Waals surface area contributed by atoms with Gasteiger partial charge in [-0.05, 0) is 75.6 Å². The predicted octanol–water partition coefficient (Wildman–Crippen LogP) is 12.2. The Labute approximate surface area is 317 Å². The summed E-state index contributed by atoms with van der Waals surface area (Å²) in [5, 5.41) is 9.61. The molecule has 0 saturated carbocycles. The molecule has 0 amide bonds. The lowest BCUT2D eigenvalue weighted by Crippen LogP contribution is -2.28. The maximum Gasteiger partial charge on any atom is 0.306 e. The molecule has 0 aliphatic rings. The highest BCUT2D eigenvalue weighted by Gasteiger charge is 2.16. The summed E-state index contributed by atoms with van der Waals surface area (Å²) in [5.74, 6) is 4.01. The summed E-state index contributed by atoms with van der Waals surface area (Å²) in [6.07, 6.45) is 29.6. The van der Waals surface area contributed by atoms with Crippen LogP contribution in [0.2, 0.25) is 0 Å². The van der Waals surface area contributed by atoms with Gasteiger partial charge in [-0.3, -0.25) is 9.59 Å². The van der Waals surface area contributed by atoms with Gasteiger partial charge in [0.25, 0.3) is 0 Å². The Morgan fingerprint density at radius 2 is 0.981 bits per heavy atom. The Bertz CT molecular complexity index is 1180. The van der Waals surface area contributed by atoms with Crippen LogP contribution >= 0.6 is 0 Å². The van der Waals surface area contributed by atoms with E-state index in [1.807, 2.05) is 0 Å². The van der Waals surface area contributed by atoms with Crippen LogP contribution in [0.3, 0.4) is 0 Å². The summed E-state index contributed by atoms with van der Waals surface area (Å²) in [7, 11) is 0. The maximum atomic E-state index is 12.3. The molecule has 2 heterocycles. The van der Waals surface area contributed by atoms with E-state index >= 15 is 0 Å². The molecule has 0 aliphatic carbocycles. The summed E-state index contributed by atoms with van der Waals surface area (Å²) in [6, 6.07) is 4.43. The van der Waals surface area contributed by atoms with E-state index in [-0.39, 0.29) is 25.2 Å². The van der Waals surface area contributed by atoms with Crippen LogP contribution in [0.1, 0.15) is 202 Å². The fourth-order valence-corrected chi connectivity index (χ4v) is 6.93. The largest absolute Gasteiger partial charge is 0.466 e. The molecule has 7 heteroatoms. The van der Waals surface area contributed by atoms with Crippen LogP contribution in [0.25, 0.3) is 0 Å². The number of furan rings is 2. The highest BCUT2D eigenvalue weighted by Crippen LogP contribution is 2.21. The monoisotopic (exact) mass is 729 g/mol. The summed E-state index contributed by atoms with van der Waals surface area (Å²) in [4.78, 5) is 24.4. The predicted molar refractivity (Wildman–Crippen MR) is 212 cm³/mol. The molecule has 0 fully saturated rings. The highest BCUT2D eigenvalue weighted by atomic mass is 16.6. The molecule has 298 valence electrons. The number of carbonyl (C=O) groups is 2. The van der Waals surface area contributed by atoms with Crippen molar-refractivity contribution in [3.63, 3.8) is 0 Å². The van der Waals surface area contributed by atoms with E-state index in [1.54, 1.807) is 0 Å². The Balaban J connectivity index is 1.35. The number of aryl methyl sites for hydroxylation is 6. The Morgan fingerprint density at radius 1 is 0.558 bits per heavy atom. The lowest BCUT2D eigenvalue weighted by molar-refractivity contribution is -0.161. The zero-order chi connectivity index (χ0) is 37.7. The van der Waals surface area contributed by atoms with E-state index in [1.165, 1.54) is 113 Å². The molecule has 2 aromatic rings. The molecule has 0 unspecified atom stereocenters. The summed E-state index contributed by atoms with van der Waals surface area (Å²) in [5.41, 5.74) is 2.61. The first-order valence-electron chi connectivity index (χ1n) is 21.5. The van der Waals surface area contributed by atoms with Gasteiger partial charge in [0.15, 0.2) is 6.10 Å². The molecule has 0 aromatic carbocycles. The minimum Gasteiger partial charge on any atom is -0.466 e. The summed E-state index contributed by atoms with van der Waals surface area (Å²) >= 11 is 0. The number of aliphatic hydroxyl groups is 1. The first-order chi connectivity index (χ1) is 25.4. The quantitative estimate of drug-likeness (QED) is 0.0565. The third-order valence-corrected chi connectivity index (χ3v) is 10.2. The Kier molecular flexibility index (Phi) is 26.2. The lowest BCUT2D eigenvalue weighted by atomic mass is 10.0. The van der Waals surface area contributed by atoms with Gasteiger partial charge in [-0.1, -0.05) is 117 Å². The van der Waals surface area contributed by atoms with Crippen molar-refractivity contribution in [3.8, 4) is 0 Å². The van der Waals surface area contributed by atoms with Crippen molar-refractivity contribution < 1.29 is 33.0 Å².